The molecule has 1 nitrogen and oxygen atoms in total. The zero-order valence-electron chi connectivity index (χ0n) is 11.2. The van der Waals surface area contributed by atoms with Crippen LogP contribution >= 0.6 is 7.92 Å². The van der Waals surface area contributed by atoms with E-state index >= 15 is 0 Å². The molecule has 0 atom stereocenters. The Kier molecular flexibility index (Phi) is 5.08. The van der Waals surface area contributed by atoms with Crippen molar-refractivity contribution in [3.63, 3.8) is 0 Å². The van der Waals surface area contributed by atoms with Crippen LogP contribution in [0.2, 0.25) is 0 Å². The lowest BCUT2D eigenvalue weighted by atomic mass is 10.2. The highest BCUT2D eigenvalue weighted by Gasteiger charge is 2.33. The van der Waals surface area contributed by atoms with Gasteiger partial charge >= 0.3 is 0 Å². The van der Waals surface area contributed by atoms with Crippen LogP contribution in [0.5, 0.6) is 0 Å². The summed E-state index contributed by atoms with van der Waals surface area (Å²) in [6.45, 7) is 18.6. The van der Waals surface area contributed by atoms with E-state index in [2.05, 4.69) is 60.7 Å². The quantitative estimate of drug-likeness (QED) is 0.704. The monoisotopic (exact) mass is 217 g/mol. The fourth-order valence-corrected chi connectivity index (χ4v) is 5.26. The lowest BCUT2D eigenvalue weighted by Crippen LogP contribution is -2.33. The Morgan fingerprint density at radius 1 is 0.929 bits per heavy atom. The minimum Gasteiger partial charge on any atom is -0.311 e. The number of rotatable bonds is 3. The predicted molar refractivity (Wildman–Crippen MR) is 69.6 cm³/mol. The number of nitrogens with one attached hydrogen (secondary N) is 1. The van der Waals surface area contributed by atoms with Gasteiger partial charge < -0.3 is 5.32 Å². The molecule has 0 unspecified atom stereocenters. The summed E-state index contributed by atoms with van der Waals surface area (Å²) in [5.74, 6) is 0. The maximum atomic E-state index is 3.59. The van der Waals surface area contributed by atoms with Crippen molar-refractivity contribution in [2.45, 2.75) is 71.7 Å². The third kappa shape index (κ3) is 5.32. The minimum absolute atomic E-state index is 0.0136. The van der Waals surface area contributed by atoms with Crippen LogP contribution in [0.25, 0.3) is 0 Å². The normalized spacial score (nSPS) is 14.1. The second kappa shape index (κ2) is 4.94. The molecule has 0 aromatic carbocycles. The summed E-state index contributed by atoms with van der Waals surface area (Å²) in [6.07, 6.45) is 1.18. The second-order valence-corrected chi connectivity index (χ2v) is 10.1. The summed E-state index contributed by atoms with van der Waals surface area (Å²) in [5, 5.41) is 4.47. The highest BCUT2D eigenvalue weighted by atomic mass is 31.1. The highest BCUT2D eigenvalue weighted by molar-refractivity contribution is 7.60. The average Bonchev–Trinajstić information content (AvgIpc) is 1.78. The van der Waals surface area contributed by atoms with E-state index in [0.29, 0.717) is 16.4 Å². The van der Waals surface area contributed by atoms with Crippen LogP contribution in [0.15, 0.2) is 0 Å². The van der Waals surface area contributed by atoms with Crippen molar-refractivity contribution in [2.75, 3.05) is 6.29 Å². The van der Waals surface area contributed by atoms with E-state index in [1.165, 1.54) is 6.29 Å². The van der Waals surface area contributed by atoms with Crippen LogP contribution in [-0.4, -0.2) is 22.6 Å². The molecule has 0 radical (unpaired) electrons. The molecular weight excluding hydrogens is 189 g/mol. The average molecular weight is 217 g/mol. The number of hydrogen-bond donors (Lipinski definition) is 1. The molecule has 14 heavy (non-hydrogen) atoms. The van der Waals surface area contributed by atoms with Crippen LogP contribution in [0, 0.1) is 0 Å². The molecule has 0 saturated heterocycles. The minimum atomic E-state index is 0.0136. The van der Waals surface area contributed by atoms with Crippen LogP contribution in [0.1, 0.15) is 55.4 Å². The molecule has 0 bridgehead atoms. The van der Waals surface area contributed by atoms with Crippen LogP contribution in [0.4, 0.5) is 0 Å². The van der Waals surface area contributed by atoms with Gasteiger partial charge in [0, 0.05) is 12.3 Å². The molecule has 0 aromatic heterocycles. The van der Waals surface area contributed by atoms with Crippen LogP contribution in [0.3, 0.4) is 0 Å². The first-order valence-corrected chi connectivity index (χ1v) is 7.09. The van der Waals surface area contributed by atoms with Gasteiger partial charge in [0.1, 0.15) is 0 Å². The van der Waals surface area contributed by atoms with Gasteiger partial charge in [-0.2, -0.15) is 0 Å². The molecule has 0 fully saturated rings. The van der Waals surface area contributed by atoms with E-state index < -0.39 is 0 Å². The number of hydrogen-bond acceptors (Lipinski definition) is 1. The van der Waals surface area contributed by atoms with E-state index in [1.54, 1.807) is 0 Å². The summed E-state index contributed by atoms with van der Waals surface area (Å²) >= 11 is 0. The Morgan fingerprint density at radius 3 is 1.50 bits per heavy atom. The Hall–Kier alpha value is 0.390. The van der Waals surface area contributed by atoms with Gasteiger partial charge in [-0.25, -0.2) is 0 Å². The smallest absolute Gasteiger partial charge is 0.0167 e. The Balaban J connectivity index is 4.44. The molecule has 0 heterocycles. The third-order valence-corrected chi connectivity index (χ3v) is 6.01. The lowest BCUT2D eigenvalue weighted by molar-refractivity contribution is 0.627. The second-order valence-electron chi connectivity index (χ2n) is 6.29. The third-order valence-electron chi connectivity index (χ3n) is 2.28. The molecule has 2 heteroatoms. The van der Waals surface area contributed by atoms with Crippen molar-refractivity contribution >= 4 is 7.92 Å². The Bertz CT molecular complexity index is 148. The molecule has 0 aromatic rings. The summed E-state index contributed by atoms with van der Waals surface area (Å²) in [5.41, 5.74) is 0. The molecule has 0 spiro atoms. The van der Waals surface area contributed by atoms with Gasteiger partial charge in [0.25, 0.3) is 0 Å². The van der Waals surface area contributed by atoms with E-state index in [-0.39, 0.29) is 7.92 Å². The van der Waals surface area contributed by atoms with Gasteiger partial charge in [-0.05, 0) is 10.3 Å². The first kappa shape index (κ1) is 14.4. The summed E-state index contributed by atoms with van der Waals surface area (Å²) in [7, 11) is 0.0136. The molecule has 86 valence electrons. The standard InChI is InChI=1S/C12H28NP/c1-10(2)13-9-14(11(3,4)5)12(6,7)8/h10,13H,9H2,1-8H3. The van der Waals surface area contributed by atoms with Crippen molar-refractivity contribution in [1.82, 2.24) is 5.32 Å². The summed E-state index contributed by atoms with van der Waals surface area (Å²) in [6, 6.07) is 0.602. The SMILES string of the molecule is CC(C)NCP(C(C)(C)C)C(C)(C)C. The van der Waals surface area contributed by atoms with E-state index in [9.17, 15) is 0 Å². The summed E-state index contributed by atoms with van der Waals surface area (Å²) < 4.78 is 0. The molecule has 0 aliphatic rings. The molecule has 0 aliphatic heterocycles. The molecule has 1 N–H and O–H groups in total. The van der Waals surface area contributed by atoms with Crippen molar-refractivity contribution in [1.29, 1.82) is 0 Å². The molecule has 0 rings (SSSR count). The first-order chi connectivity index (χ1) is 6.05. The highest BCUT2D eigenvalue weighted by Crippen LogP contribution is 2.58. The van der Waals surface area contributed by atoms with E-state index in [4.69, 9.17) is 0 Å². The van der Waals surface area contributed by atoms with E-state index in [0.717, 1.165) is 0 Å². The fourth-order valence-electron chi connectivity index (χ4n) is 1.75. The van der Waals surface area contributed by atoms with Gasteiger partial charge in [-0.15, -0.1) is 0 Å². The van der Waals surface area contributed by atoms with E-state index in [1.807, 2.05) is 0 Å². The maximum Gasteiger partial charge on any atom is 0.0167 e. The lowest BCUT2D eigenvalue weighted by Gasteiger charge is -2.42. The summed E-state index contributed by atoms with van der Waals surface area (Å²) in [4.78, 5) is 0. The largest absolute Gasteiger partial charge is 0.311 e. The maximum absolute atomic E-state index is 3.59. The van der Waals surface area contributed by atoms with Crippen molar-refractivity contribution in [2.24, 2.45) is 0 Å². The predicted octanol–water partition coefficient (Wildman–Crippen LogP) is 4.02. The molecule has 0 aliphatic carbocycles. The van der Waals surface area contributed by atoms with Crippen molar-refractivity contribution in [3.8, 4) is 0 Å². The fraction of sp³-hybridized carbons (Fsp3) is 1.00. The van der Waals surface area contributed by atoms with Crippen molar-refractivity contribution < 1.29 is 0 Å². The zero-order valence-corrected chi connectivity index (χ0v) is 12.1. The van der Waals surface area contributed by atoms with Gasteiger partial charge in [-0.1, -0.05) is 63.3 Å². The first-order valence-electron chi connectivity index (χ1n) is 5.56. The molecule has 0 saturated carbocycles. The van der Waals surface area contributed by atoms with Crippen LogP contribution < -0.4 is 5.32 Å². The van der Waals surface area contributed by atoms with Gasteiger partial charge in [0.2, 0.25) is 0 Å². The van der Waals surface area contributed by atoms with Crippen molar-refractivity contribution in [3.05, 3.63) is 0 Å². The Labute approximate surface area is 91.8 Å². The van der Waals surface area contributed by atoms with Crippen LogP contribution in [-0.2, 0) is 0 Å². The van der Waals surface area contributed by atoms with Gasteiger partial charge in [-0.3, -0.25) is 0 Å². The molecular formula is C12H28NP. The Morgan fingerprint density at radius 2 is 1.29 bits per heavy atom. The van der Waals surface area contributed by atoms with Gasteiger partial charge in [0.05, 0.1) is 0 Å². The topological polar surface area (TPSA) is 12.0 Å². The van der Waals surface area contributed by atoms with Gasteiger partial charge in [0.15, 0.2) is 0 Å². The molecule has 0 amide bonds. The zero-order chi connectivity index (χ0) is 11.6.